The molecule has 3 rings (SSSR count). The smallest absolute Gasteiger partial charge is 0.336 e. The summed E-state index contributed by atoms with van der Waals surface area (Å²) in [6, 6.07) is 13.7. The number of nitrogens with one attached hydrogen (secondary N) is 3. The standard InChI is InChI=1S/C25H24F4N4O2/c1-16-7-5-8-17(2)22(16)32-23(34)30-13-14-33(19-10-6-9-18(15-19)25(27,28)29)24(35)31-21-12-4-3-11-20(21)26/h3-12,15H,13-14H2,1-2H3,(H,31,35)(H2,30,32,34). The fourth-order valence-corrected chi connectivity index (χ4v) is 3.39. The van der Waals surface area contributed by atoms with E-state index in [4.69, 9.17) is 0 Å². The first-order valence-corrected chi connectivity index (χ1v) is 10.7. The highest BCUT2D eigenvalue weighted by atomic mass is 19.4. The maximum absolute atomic E-state index is 14.0. The van der Waals surface area contributed by atoms with Crippen molar-refractivity contribution in [1.29, 1.82) is 0 Å². The van der Waals surface area contributed by atoms with Crippen molar-refractivity contribution in [3.63, 3.8) is 0 Å². The second-order valence-electron chi connectivity index (χ2n) is 7.76. The summed E-state index contributed by atoms with van der Waals surface area (Å²) >= 11 is 0. The first kappa shape index (κ1) is 25.5. The average Bonchev–Trinajstić information content (AvgIpc) is 2.80. The topological polar surface area (TPSA) is 73.5 Å². The minimum Gasteiger partial charge on any atom is -0.336 e. The van der Waals surface area contributed by atoms with Gasteiger partial charge in [0, 0.05) is 24.5 Å². The van der Waals surface area contributed by atoms with Crippen LogP contribution < -0.4 is 20.9 Å². The zero-order valence-electron chi connectivity index (χ0n) is 19.0. The van der Waals surface area contributed by atoms with Gasteiger partial charge in [0.15, 0.2) is 0 Å². The molecular formula is C25H24F4N4O2. The second-order valence-corrected chi connectivity index (χ2v) is 7.76. The van der Waals surface area contributed by atoms with Gasteiger partial charge in [0.1, 0.15) is 5.82 Å². The molecule has 0 spiro atoms. The van der Waals surface area contributed by atoms with Crippen molar-refractivity contribution in [2.45, 2.75) is 20.0 Å². The van der Waals surface area contributed by atoms with Crippen LogP contribution in [0.4, 0.5) is 44.2 Å². The number of alkyl halides is 3. The number of para-hydroxylation sites is 2. The van der Waals surface area contributed by atoms with Gasteiger partial charge in [-0.3, -0.25) is 4.90 Å². The summed E-state index contributed by atoms with van der Waals surface area (Å²) in [5.74, 6) is -0.698. The molecule has 10 heteroatoms. The molecule has 0 aliphatic rings. The number of amides is 4. The maximum Gasteiger partial charge on any atom is 0.416 e. The van der Waals surface area contributed by atoms with Gasteiger partial charge in [0.05, 0.1) is 11.3 Å². The van der Waals surface area contributed by atoms with Gasteiger partial charge in [0.25, 0.3) is 0 Å². The summed E-state index contributed by atoms with van der Waals surface area (Å²) in [5, 5.41) is 7.69. The van der Waals surface area contributed by atoms with Crippen LogP contribution >= 0.6 is 0 Å². The largest absolute Gasteiger partial charge is 0.416 e. The van der Waals surface area contributed by atoms with Crippen molar-refractivity contribution in [1.82, 2.24) is 5.32 Å². The van der Waals surface area contributed by atoms with Gasteiger partial charge in [-0.05, 0) is 55.3 Å². The third kappa shape index (κ3) is 6.72. The Morgan fingerprint density at radius 3 is 2.20 bits per heavy atom. The predicted octanol–water partition coefficient (Wildman–Crippen LogP) is 6.32. The Labute approximate surface area is 199 Å². The molecule has 0 saturated carbocycles. The summed E-state index contributed by atoms with van der Waals surface area (Å²) < 4.78 is 53.7. The number of nitrogens with zero attached hydrogens (tertiary/aromatic N) is 1. The first-order valence-electron chi connectivity index (χ1n) is 10.7. The summed E-state index contributed by atoms with van der Waals surface area (Å²) in [5.41, 5.74) is 1.21. The van der Waals surface area contributed by atoms with Crippen LogP contribution in [0, 0.1) is 19.7 Å². The molecule has 184 valence electrons. The normalized spacial score (nSPS) is 11.0. The lowest BCUT2D eigenvalue weighted by molar-refractivity contribution is -0.137. The summed E-state index contributed by atoms with van der Waals surface area (Å²) in [6.45, 7) is 3.41. The van der Waals surface area contributed by atoms with Crippen LogP contribution in [0.15, 0.2) is 66.7 Å². The molecule has 0 atom stereocenters. The number of urea groups is 2. The number of anilines is 3. The number of aryl methyl sites for hydroxylation is 2. The predicted molar refractivity (Wildman–Crippen MR) is 127 cm³/mol. The van der Waals surface area contributed by atoms with Crippen LogP contribution in [-0.2, 0) is 6.18 Å². The fourth-order valence-electron chi connectivity index (χ4n) is 3.39. The third-order valence-corrected chi connectivity index (χ3v) is 5.19. The van der Waals surface area contributed by atoms with Gasteiger partial charge in [-0.25, -0.2) is 14.0 Å². The molecule has 0 aromatic heterocycles. The van der Waals surface area contributed by atoms with Crippen LogP contribution in [0.1, 0.15) is 16.7 Å². The van der Waals surface area contributed by atoms with Crippen LogP contribution in [0.2, 0.25) is 0 Å². The molecule has 0 unspecified atom stereocenters. The van der Waals surface area contributed by atoms with E-state index in [0.29, 0.717) is 5.69 Å². The first-order chi connectivity index (χ1) is 16.6. The molecule has 0 aliphatic heterocycles. The molecule has 0 fully saturated rings. The Morgan fingerprint density at radius 2 is 1.54 bits per heavy atom. The number of benzene rings is 3. The van der Waals surface area contributed by atoms with Gasteiger partial charge < -0.3 is 16.0 Å². The van der Waals surface area contributed by atoms with Crippen LogP contribution in [0.25, 0.3) is 0 Å². The molecule has 0 bridgehead atoms. The van der Waals surface area contributed by atoms with E-state index in [-0.39, 0.29) is 24.5 Å². The third-order valence-electron chi connectivity index (χ3n) is 5.19. The van der Waals surface area contributed by atoms with Crippen molar-refractivity contribution in [3.05, 3.63) is 89.2 Å². The number of carbonyl (C=O) groups is 2. The molecular weight excluding hydrogens is 464 g/mol. The minimum atomic E-state index is -4.62. The number of halogens is 4. The number of hydrogen-bond donors (Lipinski definition) is 3. The van der Waals surface area contributed by atoms with E-state index in [2.05, 4.69) is 16.0 Å². The number of rotatable bonds is 6. The lowest BCUT2D eigenvalue weighted by atomic mass is 10.1. The Hall–Kier alpha value is -4.08. The zero-order valence-corrected chi connectivity index (χ0v) is 19.0. The van der Waals surface area contributed by atoms with Crippen LogP contribution in [0.5, 0.6) is 0 Å². The van der Waals surface area contributed by atoms with Crippen molar-refractivity contribution >= 4 is 29.1 Å². The highest BCUT2D eigenvalue weighted by Crippen LogP contribution is 2.32. The molecule has 4 amide bonds. The van der Waals surface area contributed by atoms with Crippen molar-refractivity contribution < 1.29 is 27.2 Å². The molecule has 0 saturated heterocycles. The molecule has 3 aromatic rings. The molecule has 6 nitrogen and oxygen atoms in total. The van der Waals surface area contributed by atoms with E-state index in [1.807, 2.05) is 32.0 Å². The van der Waals surface area contributed by atoms with Gasteiger partial charge >= 0.3 is 18.2 Å². The molecule has 0 radical (unpaired) electrons. The van der Waals surface area contributed by atoms with Crippen molar-refractivity contribution in [3.8, 4) is 0 Å². The molecule has 3 N–H and O–H groups in total. The molecule has 0 heterocycles. The lowest BCUT2D eigenvalue weighted by Crippen LogP contribution is -2.42. The van der Waals surface area contributed by atoms with E-state index in [9.17, 15) is 27.2 Å². The van der Waals surface area contributed by atoms with Crippen LogP contribution in [0.3, 0.4) is 0 Å². The summed E-state index contributed by atoms with van der Waals surface area (Å²) in [4.78, 5) is 26.3. The monoisotopic (exact) mass is 488 g/mol. The van der Waals surface area contributed by atoms with E-state index in [1.165, 1.54) is 30.3 Å². The molecule has 0 aliphatic carbocycles. The van der Waals surface area contributed by atoms with Crippen molar-refractivity contribution in [2.24, 2.45) is 0 Å². The van der Waals surface area contributed by atoms with Gasteiger partial charge in [-0.15, -0.1) is 0 Å². The fraction of sp³-hybridized carbons (Fsp3) is 0.200. The Kier molecular flexibility index (Phi) is 7.95. The maximum atomic E-state index is 14.0. The number of hydrogen-bond acceptors (Lipinski definition) is 2. The zero-order chi connectivity index (χ0) is 25.6. The SMILES string of the molecule is Cc1cccc(C)c1NC(=O)NCCN(C(=O)Nc1ccccc1F)c1cccc(C(F)(F)F)c1. The van der Waals surface area contributed by atoms with E-state index in [0.717, 1.165) is 34.2 Å². The van der Waals surface area contributed by atoms with E-state index in [1.54, 1.807) is 0 Å². The second kappa shape index (κ2) is 10.9. The summed E-state index contributed by atoms with van der Waals surface area (Å²) in [6.07, 6.45) is -4.62. The average molecular weight is 488 g/mol. The van der Waals surface area contributed by atoms with Gasteiger partial charge in [-0.1, -0.05) is 36.4 Å². The Balaban J connectivity index is 1.76. The van der Waals surface area contributed by atoms with E-state index >= 15 is 0 Å². The Morgan fingerprint density at radius 1 is 0.886 bits per heavy atom. The highest BCUT2D eigenvalue weighted by Gasteiger charge is 2.31. The van der Waals surface area contributed by atoms with Gasteiger partial charge in [-0.2, -0.15) is 13.2 Å². The minimum absolute atomic E-state index is 0.0642. The van der Waals surface area contributed by atoms with E-state index < -0.39 is 29.6 Å². The highest BCUT2D eigenvalue weighted by molar-refractivity contribution is 6.02. The van der Waals surface area contributed by atoms with Crippen LogP contribution in [-0.4, -0.2) is 25.2 Å². The molecule has 35 heavy (non-hydrogen) atoms. The summed E-state index contributed by atoms with van der Waals surface area (Å²) in [7, 11) is 0. The quantitative estimate of drug-likeness (QED) is 0.355. The Bertz CT molecular complexity index is 1190. The molecule has 3 aromatic carbocycles. The van der Waals surface area contributed by atoms with Gasteiger partial charge in [0.2, 0.25) is 0 Å². The number of carbonyl (C=O) groups excluding carboxylic acids is 2. The lowest BCUT2D eigenvalue weighted by Gasteiger charge is -2.24. The van der Waals surface area contributed by atoms with Crippen molar-refractivity contribution in [2.75, 3.05) is 28.6 Å².